The lowest BCUT2D eigenvalue weighted by Gasteiger charge is -2.31. The third kappa shape index (κ3) is 6.67. The van der Waals surface area contributed by atoms with Crippen molar-refractivity contribution in [2.45, 2.75) is 82.9 Å². The lowest BCUT2D eigenvalue weighted by Crippen LogP contribution is -2.41. The van der Waals surface area contributed by atoms with Crippen LogP contribution in [0.5, 0.6) is 11.5 Å². The molecule has 3 fully saturated rings. The quantitative estimate of drug-likeness (QED) is 0.361. The number of amides is 1. The molecule has 2 aliphatic carbocycles. The molecule has 8 heteroatoms. The molecule has 7 nitrogen and oxygen atoms in total. The zero-order valence-electron chi connectivity index (χ0n) is 22.4. The van der Waals surface area contributed by atoms with E-state index >= 15 is 0 Å². The highest BCUT2D eigenvalue weighted by atomic mass is 32.2. The molecule has 39 heavy (non-hydrogen) atoms. The number of amidine groups is 1. The number of carbonyl (C=O) groups is 2. The van der Waals surface area contributed by atoms with Gasteiger partial charge in [-0.05, 0) is 78.9 Å². The fourth-order valence-electron chi connectivity index (χ4n) is 5.60. The summed E-state index contributed by atoms with van der Waals surface area (Å²) in [6, 6.07) is 12.8. The molecule has 206 valence electrons. The van der Waals surface area contributed by atoms with Gasteiger partial charge in [0, 0.05) is 6.04 Å². The van der Waals surface area contributed by atoms with Crippen LogP contribution in [0.4, 0.5) is 0 Å². The molecule has 0 unspecified atom stereocenters. The molecule has 3 aliphatic rings. The van der Waals surface area contributed by atoms with Crippen LogP contribution in [0, 0.1) is 0 Å². The van der Waals surface area contributed by atoms with E-state index in [-0.39, 0.29) is 24.1 Å². The number of nitrogens with zero attached hydrogens (tertiary/aromatic N) is 2. The second-order valence-electron chi connectivity index (χ2n) is 10.5. The Morgan fingerprint density at radius 3 is 2.49 bits per heavy atom. The van der Waals surface area contributed by atoms with Crippen LogP contribution in [0.2, 0.25) is 0 Å². The predicted octanol–water partition coefficient (Wildman–Crippen LogP) is 6.91. The van der Waals surface area contributed by atoms with Crippen LogP contribution in [-0.4, -0.2) is 46.2 Å². The number of aliphatic imine (C=N–C) groups is 1. The maximum atomic E-state index is 13.7. The van der Waals surface area contributed by atoms with Gasteiger partial charge in [-0.1, -0.05) is 56.7 Å². The summed E-state index contributed by atoms with van der Waals surface area (Å²) >= 11 is 1.51. The molecule has 1 amide bonds. The van der Waals surface area contributed by atoms with Crippen molar-refractivity contribution >= 4 is 34.9 Å². The Morgan fingerprint density at radius 1 is 1.03 bits per heavy atom. The minimum absolute atomic E-state index is 0.0547. The molecule has 5 rings (SSSR count). The maximum Gasteiger partial charge on any atom is 0.335 e. The number of rotatable bonds is 8. The van der Waals surface area contributed by atoms with Crippen molar-refractivity contribution in [1.29, 1.82) is 0 Å². The molecule has 0 bridgehead atoms. The van der Waals surface area contributed by atoms with Gasteiger partial charge in [0.05, 0.1) is 23.6 Å². The van der Waals surface area contributed by atoms with Gasteiger partial charge in [-0.25, -0.2) is 4.79 Å². The van der Waals surface area contributed by atoms with Crippen LogP contribution in [0.1, 0.15) is 85.7 Å². The first-order valence-corrected chi connectivity index (χ1v) is 14.8. The molecule has 1 saturated heterocycles. The Morgan fingerprint density at radius 2 is 1.77 bits per heavy atom. The summed E-state index contributed by atoms with van der Waals surface area (Å²) in [4.78, 5) is 32.7. The van der Waals surface area contributed by atoms with Crippen LogP contribution >= 0.6 is 11.8 Å². The molecule has 2 aromatic rings. The molecule has 1 heterocycles. The molecule has 0 aromatic heterocycles. The Hall–Kier alpha value is -3.26. The highest BCUT2D eigenvalue weighted by Gasteiger charge is 2.39. The topological polar surface area (TPSA) is 88.4 Å². The number of carbonyl (C=O) groups excluding carboxylic acids is 1. The zero-order chi connectivity index (χ0) is 27.2. The third-order valence-electron chi connectivity index (χ3n) is 7.70. The van der Waals surface area contributed by atoms with Gasteiger partial charge in [0.2, 0.25) is 0 Å². The molecular formula is C31H36N2O5S. The van der Waals surface area contributed by atoms with E-state index in [0.717, 1.165) is 54.8 Å². The van der Waals surface area contributed by atoms with E-state index in [1.165, 1.54) is 37.4 Å². The lowest BCUT2D eigenvalue weighted by atomic mass is 9.94. The van der Waals surface area contributed by atoms with E-state index in [9.17, 15) is 14.7 Å². The molecular weight excluding hydrogens is 512 g/mol. The number of carboxylic acids is 1. The van der Waals surface area contributed by atoms with E-state index in [4.69, 9.17) is 14.5 Å². The summed E-state index contributed by atoms with van der Waals surface area (Å²) in [6.45, 7) is 0.212. The largest absolute Gasteiger partial charge is 0.493 e. The maximum absolute atomic E-state index is 13.7. The molecule has 0 spiro atoms. The van der Waals surface area contributed by atoms with Gasteiger partial charge < -0.3 is 14.6 Å². The highest BCUT2D eigenvalue weighted by molar-refractivity contribution is 8.18. The van der Waals surface area contributed by atoms with Crippen LogP contribution < -0.4 is 9.47 Å². The summed E-state index contributed by atoms with van der Waals surface area (Å²) in [5.74, 6) is 0.183. The van der Waals surface area contributed by atoms with Crippen LogP contribution in [0.15, 0.2) is 52.4 Å². The van der Waals surface area contributed by atoms with Gasteiger partial charge in [0.25, 0.3) is 5.91 Å². The molecule has 1 aliphatic heterocycles. The first-order valence-electron chi connectivity index (χ1n) is 14.0. The van der Waals surface area contributed by atoms with Crippen LogP contribution in [-0.2, 0) is 11.4 Å². The van der Waals surface area contributed by atoms with Gasteiger partial charge in [0.1, 0.15) is 6.61 Å². The number of thioether (sulfide) groups is 1. The third-order valence-corrected chi connectivity index (χ3v) is 8.70. The first-order chi connectivity index (χ1) is 19.0. The average Bonchev–Trinajstić information content (AvgIpc) is 3.27. The number of hydrogen-bond acceptors (Lipinski definition) is 6. The van der Waals surface area contributed by atoms with Crippen molar-refractivity contribution in [3.8, 4) is 11.5 Å². The SMILES string of the molecule is COc1cc(/C=C2\SC(=NC3CCCCC3)N(C3CCCCC3)C2=O)ccc1OCc1cccc(C(=O)O)c1. The van der Waals surface area contributed by atoms with Crippen molar-refractivity contribution in [1.82, 2.24) is 4.90 Å². The predicted molar refractivity (Wildman–Crippen MR) is 154 cm³/mol. The monoisotopic (exact) mass is 548 g/mol. The van der Waals surface area contributed by atoms with Gasteiger partial charge in [-0.2, -0.15) is 0 Å². The Balaban J connectivity index is 1.35. The minimum atomic E-state index is -0.972. The van der Waals surface area contributed by atoms with Gasteiger partial charge in [-0.3, -0.25) is 14.7 Å². The zero-order valence-corrected chi connectivity index (χ0v) is 23.3. The van der Waals surface area contributed by atoms with Crippen molar-refractivity contribution in [2.24, 2.45) is 4.99 Å². The van der Waals surface area contributed by atoms with Crippen LogP contribution in [0.3, 0.4) is 0 Å². The number of aromatic carboxylic acids is 1. The lowest BCUT2D eigenvalue weighted by molar-refractivity contribution is -0.124. The molecule has 1 N–H and O–H groups in total. The van der Waals surface area contributed by atoms with Crippen molar-refractivity contribution in [3.05, 3.63) is 64.1 Å². The normalized spacial score (nSPS) is 21.1. The van der Waals surface area contributed by atoms with Crippen molar-refractivity contribution < 1.29 is 24.2 Å². The molecule has 2 saturated carbocycles. The Labute approximate surface area is 234 Å². The Bertz CT molecular complexity index is 1260. The van der Waals surface area contributed by atoms with Gasteiger partial charge in [0.15, 0.2) is 16.7 Å². The summed E-state index contributed by atoms with van der Waals surface area (Å²) in [6.07, 6.45) is 13.5. The number of carboxylic acid groups (broad SMARTS) is 1. The summed E-state index contributed by atoms with van der Waals surface area (Å²) < 4.78 is 11.5. The number of ether oxygens (including phenoxy) is 2. The Kier molecular flexibility index (Phi) is 8.91. The molecule has 2 aromatic carbocycles. The van der Waals surface area contributed by atoms with E-state index in [1.807, 2.05) is 35.2 Å². The minimum Gasteiger partial charge on any atom is -0.493 e. The standard InChI is InChI=1S/C31H36N2O5S/c1-37-27-18-21(15-16-26(27)38-20-22-9-8-10-23(17-22)30(35)36)19-28-29(34)33(25-13-6-3-7-14-25)31(39-28)32-24-11-4-2-5-12-24/h8-10,15-19,24-25H,2-7,11-14,20H2,1H3,(H,35,36)/b28-19-,32-31?. The first kappa shape index (κ1) is 27.3. The smallest absolute Gasteiger partial charge is 0.335 e. The highest BCUT2D eigenvalue weighted by Crippen LogP contribution is 2.39. The molecule has 0 radical (unpaired) electrons. The van der Waals surface area contributed by atoms with Crippen molar-refractivity contribution in [2.75, 3.05) is 7.11 Å². The second kappa shape index (κ2) is 12.7. The van der Waals surface area contributed by atoms with E-state index < -0.39 is 5.97 Å². The average molecular weight is 549 g/mol. The van der Waals surface area contributed by atoms with E-state index in [1.54, 1.807) is 25.3 Å². The van der Waals surface area contributed by atoms with Crippen LogP contribution in [0.25, 0.3) is 6.08 Å². The number of hydrogen-bond donors (Lipinski definition) is 1. The number of methoxy groups -OCH3 is 1. The van der Waals surface area contributed by atoms with Gasteiger partial charge in [-0.15, -0.1) is 0 Å². The summed E-state index contributed by atoms with van der Waals surface area (Å²) in [5, 5.41) is 10.1. The molecule has 0 atom stereocenters. The fraction of sp³-hybridized carbons (Fsp3) is 0.452. The van der Waals surface area contributed by atoms with Crippen molar-refractivity contribution in [3.63, 3.8) is 0 Å². The summed E-state index contributed by atoms with van der Waals surface area (Å²) in [5.41, 5.74) is 1.83. The second-order valence-corrected chi connectivity index (χ2v) is 11.5. The van der Waals surface area contributed by atoms with E-state index in [2.05, 4.69) is 0 Å². The summed E-state index contributed by atoms with van der Waals surface area (Å²) in [7, 11) is 1.58. The van der Waals surface area contributed by atoms with Gasteiger partial charge >= 0.3 is 5.97 Å². The van der Waals surface area contributed by atoms with E-state index in [0.29, 0.717) is 22.4 Å². The fourth-order valence-corrected chi connectivity index (χ4v) is 6.71. The number of benzene rings is 2.